The maximum absolute atomic E-state index is 11.7. The van der Waals surface area contributed by atoms with Gasteiger partial charge in [-0.2, -0.15) is 0 Å². The number of nitrogens with one attached hydrogen (secondary N) is 2. The van der Waals surface area contributed by atoms with Gasteiger partial charge in [0.2, 0.25) is 0 Å². The predicted molar refractivity (Wildman–Crippen MR) is 79.4 cm³/mol. The molecule has 1 aliphatic carbocycles. The highest BCUT2D eigenvalue weighted by atomic mass is 16.1. The second-order valence-electron chi connectivity index (χ2n) is 5.24. The molecule has 0 bridgehead atoms. The van der Waals surface area contributed by atoms with Crippen LogP contribution in [0, 0.1) is 5.92 Å². The summed E-state index contributed by atoms with van der Waals surface area (Å²) in [7, 11) is 0. The molecule has 0 heterocycles. The highest BCUT2D eigenvalue weighted by Crippen LogP contribution is 2.27. The number of amides is 1. The van der Waals surface area contributed by atoms with Crippen LogP contribution >= 0.6 is 0 Å². The summed E-state index contributed by atoms with van der Waals surface area (Å²) in [5.74, 6) is 0.677. The minimum absolute atomic E-state index is 0.0549. The Morgan fingerprint density at radius 2 is 2.11 bits per heavy atom. The van der Waals surface area contributed by atoms with Gasteiger partial charge in [-0.3, -0.25) is 4.79 Å². The highest BCUT2D eigenvalue weighted by Gasteiger charge is 2.22. The second-order valence-corrected chi connectivity index (χ2v) is 5.24. The normalized spacial score (nSPS) is 21.9. The average molecular weight is 258 g/mol. The van der Waals surface area contributed by atoms with Crippen molar-refractivity contribution in [3.05, 3.63) is 42.5 Å². The largest absolute Gasteiger partial charge is 0.382 e. The Labute approximate surface area is 115 Å². The van der Waals surface area contributed by atoms with E-state index in [2.05, 4.69) is 24.1 Å². The molecule has 2 atom stereocenters. The van der Waals surface area contributed by atoms with Gasteiger partial charge in [0.25, 0.3) is 5.91 Å². The van der Waals surface area contributed by atoms with Crippen LogP contribution < -0.4 is 10.6 Å². The van der Waals surface area contributed by atoms with Crippen molar-refractivity contribution in [2.75, 3.05) is 11.9 Å². The summed E-state index contributed by atoms with van der Waals surface area (Å²) >= 11 is 0. The van der Waals surface area contributed by atoms with Crippen molar-refractivity contribution in [3.8, 4) is 0 Å². The van der Waals surface area contributed by atoms with Gasteiger partial charge in [-0.1, -0.05) is 19.4 Å². The first-order valence-electron chi connectivity index (χ1n) is 6.96. The molecule has 0 spiro atoms. The minimum atomic E-state index is -0.0549. The number of anilines is 1. The van der Waals surface area contributed by atoms with E-state index >= 15 is 0 Å². The summed E-state index contributed by atoms with van der Waals surface area (Å²) in [6.07, 6.45) is 5.53. The molecule has 1 aliphatic rings. The van der Waals surface area contributed by atoms with E-state index in [1.54, 1.807) is 6.08 Å². The van der Waals surface area contributed by atoms with Gasteiger partial charge in [0, 0.05) is 23.8 Å². The molecule has 0 radical (unpaired) electrons. The average Bonchev–Trinajstić information content (AvgIpc) is 2.82. The van der Waals surface area contributed by atoms with E-state index in [9.17, 15) is 4.79 Å². The fourth-order valence-corrected chi connectivity index (χ4v) is 2.56. The monoisotopic (exact) mass is 258 g/mol. The quantitative estimate of drug-likeness (QED) is 0.796. The lowest BCUT2D eigenvalue weighted by atomic mass is 10.1. The third kappa shape index (κ3) is 3.60. The minimum Gasteiger partial charge on any atom is -0.382 e. The van der Waals surface area contributed by atoms with Crippen LogP contribution in [-0.4, -0.2) is 18.5 Å². The van der Waals surface area contributed by atoms with Crippen molar-refractivity contribution in [1.29, 1.82) is 0 Å². The molecule has 1 aromatic rings. The lowest BCUT2D eigenvalue weighted by Gasteiger charge is -2.18. The van der Waals surface area contributed by atoms with Crippen LogP contribution in [-0.2, 0) is 0 Å². The molecular weight excluding hydrogens is 236 g/mol. The van der Waals surface area contributed by atoms with Crippen molar-refractivity contribution in [1.82, 2.24) is 5.32 Å². The van der Waals surface area contributed by atoms with Crippen LogP contribution in [0.4, 0.5) is 5.69 Å². The van der Waals surface area contributed by atoms with E-state index in [-0.39, 0.29) is 5.91 Å². The molecular formula is C16H22N2O. The van der Waals surface area contributed by atoms with E-state index in [0.29, 0.717) is 18.2 Å². The van der Waals surface area contributed by atoms with E-state index in [1.165, 1.54) is 19.3 Å². The molecule has 19 heavy (non-hydrogen) atoms. The summed E-state index contributed by atoms with van der Waals surface area (Å²) < 4.78 is 0. The molecule has 1 saturated carbocycles. The maximum Gasteiger partial charge on any atom is 0.251 e. The van der Waals surface area contributed by atoms with Crippen molar-refractivity contribution < 1.29 is 4.79 Å². The van der Waals surface area contributed by atoms with E-state index < -0.39 is 0 Å². The fourth-order valence-electron chi connectivity index (χ4n) is 2.56. The first-order valence-corrected chi connectivity index (χ1v) is 6.96. The number of carbonyl (C=O) groups is 1. The molecule has 1 amide bonds. The lowest BCUT2D eigenvalue weighted by Crippen LogP contribution is -2.23. The molecule has 1 aromatic carbocycles. The SMILES string of the molecule is C=CCNC(=O)c1ccc(NC2CCCC2C)cc1. The van der Waals surface area contributed by atoms with Gasteiger partial charge in [-0.25, -0.2) is 0 Å². The van der Waals surface area contributed by atoms with Gasteiger partial charge >= 0.3 is 0 Å². The zero-order valence-corrected chi connectivity index (χ0v) is 11.5. The van der Waals surface area contributed by atoms with Crippen LogP contribution in [0.3, 0.4) is 0 Å². The molecule has 102 valence electrons. The van der Waals surface area contributed by atoms with Crippen molar-refractivity contribution >= 4 is 11.6 Å². The van der Waals surface area contributed by atoms with E-state index in [0.717, 1.165) is 11.6 Å². The Morgan fingerprint density at radius 3 is 2.68 bits per heavy atom. The van der Waals surface area contributed by atoms with Crippen LogP contribution in [0.2, 0.25) is 0 Å². The summed E-state index contributed by atoms with van der Waals surface area (Å²) in [5.41, 5.74) is 1.78. The molecule has 3 nitrogen and oxygen atoms in total. The van der Waals surface area contributed by atoms with E-state index in [4.69, 9.17) is 0 Å². The van der Waals surface area contributed by atoms with Crippen molar-refractivity contribution in [3.63, 3.8) is 0 Å². The Balaban J connectivity index is 1.94. The summed E-state index contributed by atoms with van der Waals surface area (Å²) in [5, 5.41) is 6.32. The van der Waals surface area contributed by atoms with Gasteiger partial charge in [-0.15, -0.1) is 6.58 Å². The number of benzene rings is 1. The Kier molecular flexibility index (Phi) is 4.61. The Morgan fingerprint density at radius 1 is 1.37 bits per heavy atom. The number of carbonyl (C=O) groups excluding carboxylic acids is 1. The first-order chi connectivity index (χ1) is 9.20. The number of hydrogen-bond donors (Lipinski definition) is 2. The number of rotatable bonds is 5. The molecule has 2 rings (SSSR count). The fraction of sp³-hybridized carbons (Fsp3) is 0.438. The van der Waals surface area contributed by atoms with E-state index in [1.807, 2.05) is 24.3 Å². The highest BCUT2D eigenvalue weighted by molar-refractivity contribution is 5.94. The van der Waals surface area contributed by atoms with Crippen LogP contribution in [0.15, 0.2) is 36.9 Å². The Hall–Kier alpha value is -1.77. The summed E-state index contributed by atoms with van der Waals surface area (Å²) in [6.45, 7) is 6.37. The molecule has 0 aromatic heterocycles. The van der Waals surface area contributed by atoms with Gasteiger partial charge in [0.05, 0.1) is 0 Å². The lowest BCUT2D eigenvalue weighted by molar-refractivity contribution is 0.0958. The third-order valence-corrected chi connectivity index (χ3v) is 3.77. The second kappa shape index (κ2) is 6.41. The van der Waals surface area contributed by atoms with Gasteiger partial charge in [0.15, 0.2) is 0 Å². The molecule has 0 aliphatic heterocycles. The Bertz CT molecular complexity index is 439. The van der Waals surface area contributed by atoms with Crippen molar-refractivity contribution in [2.24, 2.45) is 5.92 Å². The summed E-state index contributed by atoms with van der Waals surface area (Å²) in [4.78, 5) is 11.7. The predicted octanol–water partition coefficient (Wildman–Crippen LogP) is 3.20. The standard InChI is InChI=1S/C16H22N2O/c1-3-11-17-16(19)13-7-9-14(10-8-13)18-15-6-4-5-12(15)2/h3,7-10,12,15,18H,1,4-6,11H2,2H3,(H,17,19). The van der Waals surface area contributed by atoms with Crippen LogP contribution in [0.1, 0.15) is 36.5 Å². The third-order valence-electron chi connectivity index (χ3n) is 3.77. The molecule has 3 heteroatoms. The smallest absolute Gasteiger partial charge is 0.251 e. The molecule has 2 N–H and O–H groups in total. The number of hydrogen-bond acceptors (Lipinski definition) is 2. The van der Waals surface area contributed by atoms with Gasteiger partial charge < -0.3 is 10.6 Å². The van der Waals surface area contributed by atoms with Crippen LogP contribution in [0.5, 0.6) is 0 Å². The molecule has 0 saturated heterocycles. The topological polar surface area (TPSA) is 41.1 Å². The molecule has 1 fully saturated rings. The summed E-state index contributed by atoms with van der Waals surface area (Å²) in [6, 6.07) is 8.25. The van der Waals surface area contributed by atoms with Crippen LogP contribution in [0.25, 0.3) is 0 Å². The first kappa shape index (κ1) is 13.7. The zero-order valence-electron chi connectivity index (χ0n) is 11.5. The molecule has 2 unspecified atom stereocenters. The van der Waals surface area contributed by atoms with Gasteiger partial charge in [-0.05, 0) is 43.0 Å². The zero-order chi connectivity index (χ0) is 13.7. The van der Waals surface area contributed by atoms with Crippen molar-refractivity contribution in [2.45, 2.75) is 32.2 Å². The maximum atomic E-state index is 11.7. The van der Waals surface area contributed by atoms with Gasteiger partial charge in [0.1, 0.15) is 0 Å².